The predicted molar refractivity (Wildman–Crippen MR) is 142 cm³/mol. The Morgan fingerprint density at radius 1 is 0.825 bits per heavy atom. The summed E-state index contributed by atoms with van der Waals surface area (Å²) in [5, 5.41) is 10.6. The van der Waals surface area contributed by atoms with Gasteiger partial charge in [0.15, 0.2) is 23.8 Å². The first-order valence-electron chi connectivity index (χ1n) is 13.1. The average Bonchev–Trinajstić information content (AvgIpc) is 3.43. The molecular formula is C31H32O9. The lowest BCUT2D eigenvalue weighted by atomic mass is 9.89. The van der Waals surface area contributed by atoms with Gasteiger partial charge in [-0.05, 0) is 43.7 Å². The van der Waals surface area contributed by atoms with Gasteiger partial charge in [0.25, 0.3) is 0 Å². The second kappa shape index (κ2) is 11.9. The van der Waals surface area contributed by atoms with Crippen molar-refractivity contribution < 1.29 is 43.1 Å². The van der Waals surface area contributed by atoms with Crippen LogP contribution < -0.4 is 0 Å². The zero-order chi connectivity index (χ0) is 28.2. The maximum Gasteiger partial charge on any atom is 0.338 e. The van der Waals surface area contributed by atoms with Crippen LogP contribution in [0, 0.1) is 0 Å². The van der Waals surface area contributed by atoms with Crippen LogP contribution in [0.2, 0.25) is 0 Å². The second-order valence-electron chi connectivity index (χ2n) is 10.1. The van der Waals surface area contributed by atoms with E-state index < -0.39 is 61.1 Å². The molecule has 0 spiro atoms. The van der Waals surface area contributed by atoms with E-state index in [-0.39, 0.29) is 12.2 Å². The van der Waals surface area contributed by atoms with Gasteiger partial charge in [-0.1, -0.05) is 66.7 Å². The summed E-state index contributed by atoms with van der Waals surface area (Å²) in [6.07, 6.45) is -3.96. The van der Waals surface area contributed by atoms with Gasteiger partial charge < -0.3 is 33.5 Å². The molecule has 2 aliphatic heterocycles. The molecular weight excluding hydrogens is 516 g/mol. The number of hydrogen-bond acceptors (Lipinski definition) is 9. The van der Waals surface area contributed by atoms with Crippen molar-refractivity contribution in [2.75, 3.05) is 13.2 Å². The minimum absolute atomic E-state index is 0.154. The molecule has 2 aliphatic rings. The number of benzene rings is 3. The van der Waals surface area contributed by atoms with Crippen molar-refractivity contribution >= 4 is 11.9 Å². The highest BCUT2D eigenvalue weighted by Gasteiger charge is 2.67. The van der Waals surface area contributed by atoms with Gasteiger partial charge in [0.1, 0.15) is 18.8 Å². The van der Waals surface area contributed by atoms with Crippen LogP contribution in [0.5, 0.6) is 0 Å². The van der Waals surface area contributed by atoms with Gasteiger partial charge in [0, 0.05) is 0 Å². The normalized spacial score (nSPS) is 25.6. The Balaban J connectivity index is 1.49. The first-order valence-corrected chi connectivity index (χ1v) is 13.1. The number of aliphatic hydroxyl groups excluding tert-OH is 1. The highest BCUT2D eigenvalue weighted by Crippen LogP contribution is 2.46. The molecule has 2 fully saturated rings. The van der Waals surface area contributed by atoms with Crippen LogP contribution >= 0.6 is 0 Å². The number of ether oxygens (including phenoxy) is 6. The fourth-order valence-corrected chi connectivity index (χ4v) is 4.98. The Bertz CT molecular complexity index is 1280. The smallest absolute Gasteiger partial charge is 0.338 e. The van der Waals surface area contributed by atoms with Crippen LogP contribution in [0.25, 0.3) is 0 Å². The molecule has 5 atom stereocenters. The molecule has 9 heteroatoms. The number of hydrogen-bond donors (Lipinski definition) is 1. The Labute approximate surface area is 232 Å². The van der Waals surface area contributed by atoms with E-state index in [0.29, 0.717) is 5.56 Å². The highest BCUT2D eigenvalue weighted by molar-refractivity contribution is 5.90. The summed E-state index contributed by atoms with van der Waals surface area (Å²) >= 11 is 0. The quantitative estimate of drug-likeness (QED) is 0.377. The molecule has 1 N–H and O–H groups in total. The summed E-state index contributed by atoms with van der Waals surface area (Å²) in [6.45, 7) is 2.60. The SMILES string of the molecule is CC1(C)O[C@H]2O[C@](COC(=O)c3ccccc3)([C@@H](CO)OC(=O)c3ccccc3)[C@H](OCc3ccccc3)[C@H]2O1. The van der Waals surface area contributed by atoms with Gasteiger partial charge in [-0.25, -0.2) is 9.59 Å². The molecule has 0 saturated carbocycles. The molecule has 5 rings (SSSR count). The zero-order valence-corrected chi connectivity index (χ0v) is 22.3. The van der Waals surface area contributed by atoms with E-state index in [1.807, 2.05) is 30.3 Å². The van der Waals surface area contributed by atoms with Gasteiger partial charge in [-0.15, -0.1) is 0 Å². The van der Waals surface area contributed by atoms with E-state index in [2.05, 4.69) is 0 Å². The van der Waals surface area contributed by atoms with Gasteiger partial charge in [0.2, 0.25) is 0 Å². The molecule has 0 bridgehead atoms. The maximum absolute atomic E-state index is 13.1. The molecule has 0 unspecified atom stereocenters. The summed E-state index contributed by atoms with van der Waals surface area (Å²) in [6, 6.07) is 26.3. The number of aliphatic hydroxyl groups is 1. The summed E-state index contributed by atoms with van der Waals surface area (Å²) in [5.41, 5.74) is -0.176. The zero-order valence-electron chi connectivity index (χ0n) is 22.3. The molecule has 210 valence electrons. The van der Waals surface area contributed by atoms with E-state index in [9.17, 15) is 14.7 Å². The van der Waals surface area contributed by atoms with Gasteiger partial charge in [-0.2, -0.15) is 0 Å². The number of carbonyl (C=O) groups excluding carboxylic acids is 2. The van der Waals surface area contributed by atoms with Crippen molar-refractivity contribution in [2.45, 2.75) is 56.4 Å². The van der Waals surface area contributed by atoms with Crippen LogP contribution in [0.15, 0.2) is 91.0 Å². The molecule has 0 aromatic heterocycles. The summed E-state index contributed by atoms with van der Waals surface area (Å²) < 4.78 is 36.5. The molecule has 0 aliphatic carbocycles. The minimum Gasteiger partial charge on any atom is -0.459 e. The molecule has 9 nitrogen and oxygen atoms in total. The lowest BCUT2D eigenvalue weighted by molar-refractivity contribution is -0.273. The Morgan fingerprint density at radius 2 is 1.40 bits per heavy atom. The van der Waals surface area contributed by atoms with E-state index >= 15 is 0 Å². The third kappa shape index (κ3) is 5.94. The topological polar surface area (TPSA) is 110 Å². The fourth-order valence-electron chi connectivity index (χ4n) is 4.98. The van der Waals surface area contributed by atoms with E-state index in [0.717, 1.165) is 5.56 Å². The predicted octanol–water partition coefficient (Wildman–Crippen LogP) is 3.89. The third-order valence-corrected chi connectivity index (χ3v) is 6.88. The summed E-state index contributed by atoms with van der Waals surface area (Å²) in [4.78, 5) is 26.1. The van der Waals surface area contributed by atoms with Crippen LogP contribution in [0.4, 0.5) is 0 Å². The molecule has 2 saturated heterocycles. The van der Waals surface area contributed by atoms with Crippen molar-refractivity contribution in [2.24, 2.45) is 0 Å². The number of esters is 2. The Hall–Kier alpha value is -3.60. The van der Waals surface area contributed by atoms with E-state index in [1.165, 1.54) is 0 Å². The third-order valence-electron chi connectivity index (χ3n) is 6.88. The molecule has 0 radical (unpaired) electrons. The van der Waals surface area contributed by atoms with E-state index in [1.54, 1.807) is 74.5 Å². The summed E-state index contributed by atoms with van der Waals surface area (Å²) in [7, 11) is 0. The van der Waals surface area contributed by atoms with Crippen molar-refractivity contribution in [3.05, 3.63) is 108 Å². The van der Waals surface area contributed by atoms with Crippen molar-refractivity contribution in [3.63, 3.8) is 0 Å². The monoisotopic (exact) mass is 548 g/mol. The standard InChI is InChI=1S/C31H32O9/c1-30(2)38-25-26(35-19-21-12-6-3-7-13-21)31(40-29(25)39-30,20-36-27(33)22-14-8-4-9-15-22)24(18-32)37-28(34)23-16-10-5-11-17-23/h3-17,24-26,29,32H,18-20H2,1-2H3/t24-,25-,26-,29+,31-/m1/s1. The molecule has 40 heavy (non-hydrogen) atoms. The van der Waals surface area contributed by atoms with Crippen LogP contribution in [-0.4, -0.2) is 66.2 Å². The number of fused-ring (bicyclic) bond motifs is 1. The number of rotatable bonds is 10. The van der Waals surface area contributed by atoms with Crippen LogP contribution in [0.1, 0.15) is 40.1 Å². The first kappa shape index (κ1) is 27.9. The minimum atomic E-state index is -1.66. The van der Waals surface area contributed by atoms with Crippen molar-refractivity contribution in [3.8, 4) is 0 Å². The first-order chi connectivity index (χ1) is 19.3. The van der Waals surface area contributed by atoms with Gasteiger partial charge >= 0.3 is 11.9 Å². The largest absolute Gasteiger partial charge is 0.459 e. The molecule has 2 heterocycles. The molecule has 3 aromatic carbocycles. The van der Waals surface area contributed by atoms with Crippen LogP contribution in [-0.2, 0) is 35.0 Å². The Morgan fingerprint density at radius 3 is 2.00 bits per heavy atom. The summed E-state index contributed by atoms with van der Waals surface area (Å²) in [5.74, 6) is -2.28. The second-order valence-corrected chi connectivity index (χ2v) is 10.1. The number of carbonyl (C=O) groups is 2. The van der Waals surface area contributed by atoms with E-state index in [4.69, 9.17) is 28.4 Å². The van der Waals surface area contributed by atoms with Gasteiger partial charge in [-0.3, -0.25) is 0 Å². The lowest BCUT2D eigenvalue weighted by Crippen LogP contribution is -2.60. The van der Waals surface area contributed by atoms with Gasteiger partial charge in [0.05, 0.1) is 24.3 Å². The highest BCUT2D eigenvalue weighted by atomic mass is 16.9. The molecule has 3 aromatic rings. The maximum atomic E-state index is 13.1. The van der Waals surface area contributed by atoms with Crippen molar-refractivity contribution in [1.29, 1.82) is 0 Å². The van der Waals surface area contributed by atoms with Crippen LogP contribution in [0.3, 0.4) is 0 Å². The average molecular weight is 549 g/mol. The molecule has 0 amide bonds. The lowest BCUT2D eigenvalue weighted by Gasteiger charge is -2.40. The van der Waals surface area contributed by atoms with Crippen molar-refractivity contribution in [1.82, 2.24) is 0 Å². The fraction of sp³-hybridized carbons (Fsp3) is 0.355. The Kier molecular flexibility index (Phi) is 8.30.